The number of fused-ring (bicyclic) bond motifs is 5. The summed E-state index contributed by atoms with van der Waals surface area (Å²) in [6.07, 6.45) is 9.78. The second-order valence-electron chi connectivity index (χ2n) is 15.0. The molecule has 6 aromatic rings. The number of aromatic nitrogens is 2. The van der Waals surface area contributed by atoms with Gasteiger partial charge in [-0.15, -0.1) is 48.3 Å². The molecule has 2 aromatic heterocycles. The first-order valence-corrected chi connectivity index (χ1v) is 17.3. The van der Waals surface area contributed by atoms with Crippen LogP contribution in [0.5, 0.6) is 11.5 Å². The minimum Gasteiger partial charge on any atom is -0.509 e. The summed E-state index contributed by atoms with van der Waals surface area (Å²) in [7, 11) is 0. The van der Waals surface area contributed by atoms with E-state index in [9.17, 15) is 0 Å². The number of rotatable bonds is 5. The monoisotopic (exact) mass is 861 g/mol. The Bertz CT molecular complexity index is 2290. The first-order chi connectivity index (χ1) is 24.5. The largest absolute Gasteiger partial charge is 0.509 e. The molecule has 264 valence electrons. The fourth-order valence-electron chi connectivity index (χ4n) is 6.76. The molecule has 4 heterocycles. The Labute approximate surface area is 321 Å². The van der Waals surface area contributed by atoms with Crippen LogP contribution in [0.3, 0.4) is 0 Å². The number of para-hydroxylation sites is 1. The predicted octanol–water partition coefficient (Wildman–Crippen LogP) is 11.5. The van der Waals surface area contributed by atoms with E-state index >= 15 is 0 Å². The topological polar surface area (TPSA) is 44.7 Å². The molecule has 0 atom stereocenters. The van der Waals surface area contributed by atoms with E-state index in [1.807, 2.05) is 49.1 Å². The maximum absolute atomic E-state index is 6.55. The van der Waals surface area contributed by atoms with Gasteiger partial charge in [-0.05, 0) is 64.2 Å². The van der Waals surface area contributed by atoms with Gasteiger partial charge in [0.1, 0.15) is 5.82 Å². The number of benzene rings is 4. The van der Waals surface area contributed by atoms with E-state index in [1.54, 1.807) is 0 Å². The van der Waals surface area contributed by atoms with Crippen LogP contribution in [0.4, 0.5) is 28.6 Å². The molecule has 2 aliphatic rings. The van der Waals surface area contributed by atoms with E-state index in [0.29, 0.717) is 11.5 Å². The van der Waals surface area contributed by atoms with Gasteiger partial charge in [0.25, 0.3) is 0 Å². The third-order valence-corrected chi connectivity index (χ3v) is 9.39. The van der Waals surface area contributed by atoms with Crippen molar-refractivity contribution < 1.29 is 25.8 Å². The van der Waals surface area contributed by atoms with E-state index in [4.69, 9.17) is 9.72 Å². The van der Waals surface area contributed by atoms with Crippen LogP contribution in [0.1, 0.15) is 52.7 Å². The average Bonchev–Trinajstić information content (AvgIpc) is 3.58. The zero-order valence-corrected chi connectivity index (χ0v) is 32.4. The van der Waals surface area contributed by atoms with Crippen molar-refractivity contribution in [2.24, 2.45) is 0 Å². The molecule has 2 aliphatic heterocycles. The molecular weight excluding hydrogens is 822 g/mol. The smallest absolute Gasteiger partial charge is 0.135 e. The van der Waals surface area contributed by atoms with Crippen LogP contribution in [-0.4, -0.2) is 9.97 Å². The summed E-state index contributed by atoms with van der Waals surface area (Å²) < 4.78 is 6.55. The minimum absolute atomic E-state index is 0. The summed E-state index contributed by atoms with van der Waals surface area (Å²) in [5, 5.41) is 0. The van der Waals surface area contributed by atoms with Crippen molar-refractivity contribution in [2.45, 2.75) is 52.4 Å². The predicted molar refractivity (Wildman–Crippen MR) is 208 cm³/mol. The molecule has 8 rings (SSSR count). The van der Waals surface area contributed by atoms with Crippen LogP contribution in [0.15, 0.2) is 128 Å². The van der Waals surface area contributed by atoms with Gasteiger partial charge in [-0.3, -0.25) is 4.98 Å². The molecule has 0 fully saturated rings. The van der Waals surface area contributed by atoms with Gasteiger partial charge in [0, 0.05) is 62.4 Å². The van der Waals surface area contributed by atoms with Gasteiger partial charge < -0.3 is 19.4 Å². The maximum Gasteiger partial charge on any atom is 0.135 e. The Morgan fingerprint density at radius 1 is 0.635 bits per heavy atom. The summed E-state index contributed by atoms with van der Waals surface area (Å²) in [6.45, 7) is 15.5. The van der Waals surface area contributed by atoms with Crippen molar-refractivity contribution in [2.75, 3.05) is 14.7 Å². The molecular formula is C45H40N5OPt-3. The van der Waals surface area contributed by atoms with Crippen molar-refractivity contribution in [3.05, 3.63) is 158 Å². The first kappa shape index (κ1) is 35.2. The van der Waals surface area contributed by atoms with Crippen LogP contribution >= 0.6 is 0 Å². The Hall–Kier alpha value is -5.19. The third kappa shape index (κ3) is 6.64. The van der Waals surface area contributed by atoms with Crippen LogP contribution in [0.2, 0.25) is 0 Å². The zero-order valence-electron chi connectivity index (χ0n) is 30.2. The Kier molecular flexibility index (Phi) is 9.31. The van der Waals surface area contributed by atoms with E-state index in [-0.39, 0.29) is 31.9 Å². The Morgan fingerprint density at radius 3 is 2.15 bits per heavy atom. The van der Waals surface area contributed by atoms with Gasteiger partial charge in [0.15, 0.2) is 0 Å². The van der Waals surface area contributed by atoms with Gasteiger partial charge in [0.05, 0.1) is 5.69 Å². The molecule has 52 heavy (non-hydrogen) atoms. The van der Waals surface area contributed by atoms with Crippen molar-refractivity contribution >= 4 is 28.6 Å². The second kappa shape index (κ2) is 13.7. The fraction of sp³-hybridized carbons (Fsp3) is 0.178. The Balaban J connectivity index is 0.00000420. The van der Waals surface area contributed by atoms with Gasteiger partial charge in [0.2, 0.25) is 0 Å². The van der Waals surface area contributed by atoms with Crippen LogP contribution in [0.25, 0.3) is 22.3 Å². The molecule has 0 radical (unpaired) electrons. The molecule has 6 nitrogen and oxygen atoms in total. The first-order valence-electron chi connectivity index (χ1n) is 17.3. The number of ether oxygens (including phenoxy) is 1. The number of hydrogen-bond donors (Lipinski definition) is 0. The third-order valence-electron chi connectivity index (χ3n) is 9.39. The molecule has 0 spiro atoms. The number of nitrogens with zero attached hydrogens (tertiary/aromatic N) is 5. The van der Waals surface area contributed by atoms with Gasteiger partial charge in [-0.25, -0.2) is 4.98 Å². The normalized spacial score (nSPS) is 13.5. The number of pyridine rings is 2. The van der Waals surface area contributed by atoms with Crippen LogP contribution in [-0.2, 0) is 31.9 Å². The molecule has 0 unspecified atom stereocenters. The van der Waals surface area contributed by atoms with Crippen molar-refractivity contribution in [3.63, 3.8) is 0 Å². The van der Waals surface area contributed by atoms with Crippen molar-refractivity contribution in [1.29, 1.82) is 0 Å². The summed E-state index contributed by atoms with van der Waals surface area (Å²) in [5.41, 5.74) is 10.5. The second-order valence-corrected chi connectivity index (χ2v) is 15.0. The summed E-state index contributed by atoms with van der Waals surface area (Å²) in [5.74, 6) is 1.98. The summed E-state index contributed by atoms with van der Waals surface area (Å²) >= 11 is 0. The van der Waals surface area contributed by atoms with Crippen molar-refractivity contribution in [3.8, 4) is 33.8 Å². The standard InChI is InChI=1S/C45H40N5O.Pt/c1-44(2,3)31-20-23-47-43(26-31)50-40-21-22-46-29-38(40)36-15-8-7-14-35(36)37-19-18-34(28-42(37)50)51-33-13-11-12-32(27-33)48-24-25-49(30-48)41-17-10-9-16-39(41)45(4,5)6;/h7-26,29-30H,1-6H3;/q-3;. The molecule has 7 heteroatoms. The van der Waals surface area contributed by atoms with E-state index in [0.717, 1.165) is 50.8 Å². The quantitative estimate of drug-likeness (QED) is 0.161. The van der Waals surface area contributed by atoms with E-state index < -0.39 is 0 Å². The van der Waals surface area contributed by atoms with Gasteiger partial charge in [-0.1, -0.05) is 95.3 Å². The van der Waals surface area contributed by atoms with Crippen molar-refractivity contribution in [1.82, 2.24) is 9.97 Å². The summed E-state index contributed by atoms with van der Waals surface area (Å²) in [6, 6.07) is 40.5. The van der Waals surface area contributed by atoms with Gasteiger partial charge in [-0.2, -0.15) is 12.1 Å². The summed E-state index contributed by atoms with van der Waals surface area (Å²) in [4.78, 5) is 15.9. The number of hydrogen-bond acceptors (Lipinski definition) is 6. The van der Waals surface area contributed by atoms with Crippen LogP contribution in [0, 0.1) is 18.8 Å². The molecule has 0 saturated heterocycles. The maximum atomic E-state index is 6.55. The SMILES string of the molecule is CC(C)(C)c1ccnc(N2c3[c-]c(Oc4[c-]c(N5C=CN(c6ccccc6C(C)(C)C)[CH-]5)ccc4)ccc3-c3ccccc3-c3cnccc32)c1.[Pt]. The zero-order chi connectivity index (χ0) is 35.3. The fourth-order valence-corrected chi connectivity index (χ4v) is 6.76. The van der Waals surface area contributed by atoms with E-state index in [1.165, 1.54) is 11.1 Å². The molecule has 0 N–H and O–H groups in total. The van der Waals surface area contributed by atoms with Crippen LogP contribution < -0.4 is 19.4 Å². The van der Waals surface area contributed by atoms with E-state index in [2.05, 4.69) is 159 Å². The molecule has 0 bridgehead atoms. The Morgan fingerprint density at radius 2 is 1.37 bits per heavy atom. The average molecular weight is 862 g/mol. The minimum atomic E-state index is -0.0547. The molecule has 4 aromatic carbocycles. The molecule has 0 amide bonds. The molecule has 0 saturated carbocycles. The number of anilines is 5. The van der Waals surface area contributed by atoms with Gasteiger partial charge >= 0.3 is 0 Å². The molecule has 0 aliphatic carbocycles.